The SMILES string of the molecule is O=C(CCc1ccccc1)N[C@@H]1CS(=O)(=O)C[C@@H]1Cl. The summed E-state index contributed by atoms with van der Waals surface area (Å²) in [5.74, 6) is -0.271. The monoisotopic (exact) mass is 301 g/mol. The minimum Gasteiger partial charge on any atom is -0.351 e. The van der Waals surface area contributed by atoms with Gasteiger partial charge in [0, 0.05) is 6.42 Å². The average Bonchev–Trinajstić information content (AvgIpc) is 2.61. The van der Waals surface area contributed by atoms with E-state index in [9.17, 15) is 13.2 Å². The molecule has 2 atom stereocenters. The standard InChI is InChI=1S/C13H16ClNO3S/c14-11-8-19(17,18)9-12(11)15-13(16)7-6-10-4-2-1-3-5-10/h1-5,11-12H,6-9H2,(H,15,16)/t11-,12+/m0/s1. The van der Waals surface area contributed by atoms with E-state index in [1.165, 1.54) is 0 Å². The molecule has 1 aromatic carbocycles. The third-order valence-corrected chi connectivity index (χ3v) is 5.49. The molecule has 1 heterocycles. The molecule has 0 aliphatic carbocycles. The third-order valence-electron chi connectivity index (χ3n) is 3.11. The lowest BCUT2D eigenvalue weighted by molar-refractivity contribution is -0.121. The maximum atomic E-state index is 11.8. The van der Waals surface area contributed by atoms with Gasteiger partial charge in [-0.3, -0.25) is 4.79 Å². The summed E-state index contributed by atoms with van der Waals surface area (Å²) in [5.41, 5.74) is 1.08. The number of halogens is 1. The van der Waals surface area contributed by atoms with Crippen LogP contribution in [0.2, 0.25) is 0 Å². The van der Waals surface area contributed by atoms with Gasteiger partial charge in [-0.25, -0.2) is 8.42 Å². The Morgan fingerprint density at radius 3 is 2.53 bits per heavy atom. The second-order valence-electron chi connectivity index (χ2n) is 4.75. The zero-order valence-corrected chi connectivity index (χ0v) is 12.0. The molecule has 0 spiro atoms. The van der Waals surface area contributed by atoms with Gasteiger partial charge in [0.05, 0.1) is 22.9 Å². The number of benzene rings is 1. The molecule has 1 aliphatic rings. The number of rotatable bonds is 4. The van der Waals surface area contributed by atoms with E-state index in [-0.39, 0.29) is 17.4 Å². The maximum Gasteiger partial charge on any atom is 0.220 e. The molecule has 1 aliphatic heterocycles. The second-order valence-corrected chi connectivity index (χ2v) is 7.47. The minimum atomic E-state index is -3.10. The first-order valence-corrected chi connectivity index (χ1v) is 8.40. The van der Waals surface area contributed by atoms with Crippen LogP contribution in [0, 0.1) is 0 Å². The summed E-state index contributed by atoms with van der Waals surface area (Å²) in [4.78, 5) is 11.8. The van der Waals surface area contributed by atoms with Gasteiger partial charge in [0.1, 0.15) is 0 Å². The van der Waals surface area contributed by atoms with Crippen LogP contribution in [-0.4, -0.2) is 37.2 Å². The molecule has 2 rings (SSSR count). The van der Waals surface area contributed by atoms with Crippen molar-refractivity contribution >= 4 is 27.3 Å². The van der Waals surface area contributed by atoms with Crippen molar-refractivity contribution in [1.82, 2.24) is 5.32 Å². The largest absolute Gasteiger partial charge is 0.351 e. The summed E-state index contributed by atoms with van der Waals surface area (Å²) in [7, 11) is -3.10. The Bertz CT molecular complexity index is 544. The highest BCUT2D eigenvalue weighted by molar-refractivity contribution is 7.91. The quantitative estimate of drug-likeness (QED) is 0.848. The van der Waals surface area contributed by atoms with E-state index in [0.717, 1.165) is 5.56 Å². The molecule has 0 bridgehead atoms. The summed E-state index contributed by atoms with van der Waals surface area (Å²) in [6.07, 6.45) is 0.975. The molecular weight excluding hydrogens is 286 g/mol. The van der Waals surface area contributed by atoms with Crippen LogP contribution in [0.5, 0.6) is 0 Å². The molecule has 6 heteroatoms. The Morgan fingerprint density at radius 1 is 1.26 bits per heavy atom. The Labute approximate surface area is 118 Å². The van der Waals surface area contributed by atoms with Crippen molar-refractivity contribution in [1.29, 1.82) is 0 Å². The molecular formula is C13H16ClNO3S. The van der Waals surface area contributed by atoms with Crippen LogP contribution in [-0.2, 0) is 21.1 Å². The zero-order valence-electron chi connectivity index (χ0n) is 10.4. The number of hydrogen-bond donors (Lipinski definition) is 1. The Balaban J connectivity index is 1.82. The number of sulfone groups is 1. The summed E-state index contributed by atoms with van der Waals surface area (Å²) >= 11 is 5.93. The summed E-state index contributed by atoms with van der Waals surface area (Å²) < 4.78 is 22.8. The lowest BCUT2D eigenvalue weighted by atomic mass is 10.1. The number of aryl methyl sites for hydroxylation is 1. The van der Waals surface area contributed by atoms with Crippen LogP contribution in [0.4, 0.5) is 0 Å². The minimum absolute atomic E-state index is 0.0573. The molecule has 1 N–H and O–H groups in total. The number of amides is 1. The average molecular weight is 302 g/mol. The van der Waals surface area contributed by atoms with Gasteiger partial charge in [-0.05, 0) is 12.0 Å². The van der Waals surface area contributed by atoms with Gasteiger partial charge in [-0.2, -0.15) is 0 Å². The second kappa shape index (κ2) is 5.92. The van der Waals surface area contributed by atoms with Crippen molar-refractivity contribution < 1.29 is 13.2 Å². The highest BCUT2D eigenvalue weighted by Gasteiger charge is 2.37. The van der Waals surface area contributed by atoms with Crippen LogP contribution >= 0.6 is 11.6 Å². The van der Waals surface area contributed by atoms with Crippen LogP contribution in [0.25, 0.3) is 0 Å². The van der Waals surface area contributed by atoms with Crippen molar-refractivity contribution in [2.75, 3.05) is 11.5 Å². The predicted molar refractivity (Wildman–Crippen MR) is 75.0 cm³/mol. The molecule has 0 saturated carbocycles. The van der Waals surface area contributed by atoms with Gasteiger partial charge in [0.15, 0.2) is 9.84 Å². The topological polar surface area (TPSA) is 63.2 Å². The predicted octanol–water partition coefficient (Wildman–Crippen LogP) is 1.14. The molecule has 1 saturated heterocycles. The third kappa shape index (κ3) is 4.21. The molecule has 1 aromatic rings. The highest BCUT2D eigenvalue weighted by atomic mass is 35.5. The van der Waals surface area contributed by atoms with Gasteiger partial charge >= 0.3 is 0 Å². The molecule has 1 fully saturated rings. The summed E-state index contributed by atoms with van der Waals surface area (Å²) in [5, 5.41) is 2.18. The van der Waals surface area contributed by atoms with E-state index in [2.05, 4.69) is 5.32 Å². The van der Waals surface area contributed by atoms with Crippen molar-refractivity contribution in [2.24, 2.45) is 0 Å². The first-order chi connectivity index (χ1) is 8.96. The van der Waals surface area contributed by atoms with Crippen LogP contribution in [0.15, 0.2) is 30.3 Å². The van der Waals surface area contributed by atoms with E-state index in [4.69, 9.17) is 11.6 Å². The van der Waals surface area contributed by atoms with Crippen LogP contribution < -0.4 is 5.32 Å². The number of nitrogens with one attached hydrogen (secondary N) is 1. The normalized spacial score (nSPS) is 25.1. The fourth-order valence-electron chi connectivity index (χ4n) is 2.12. The fourth-order valence-corrected chi connectivity index (χ4v) is 4.67. The smallest absolute Gasteiger partial charge is 0.220 e. The Morgan fingerprint density at radius 2 is 1.95 bits per heavy atom. The molecule has 1 amide bonds. The highest BCUT2D eigenvalue weighted by Crippen LogP contribution is 2.18. The Hall–Kier alpha value is -1.07. The summed E-state index contributed by atoms with van der Waals surface area (Å²) in [6.45, 7) is 0. The van der Waals surface area contributed by atoms with Crippen LogP contribution in [0.1, 0.15) is 12.0 Å². The van der Waals surface area contributed by atoms with E-state index in [1.807, 2.05) is 30.3 Å². The zero-order chi connectivity index (χ0) is 13.9. The van der Waals surface area contributed by atoms with Gasteiger partial charge < -0.3 is 5.32 Å². The van der Waals surface area contributed by atoms with Crippen molar-refractivity contribution in [3.8, 4) is 0 Å². The van der Waals surface area contributed by atoms with E-state index in [0.29, 0.717) is 12.8 Å². The number of alkyl halides is 1. The van der Waals surface area contributed by atoms with Crippen molar-refractivity contribution in [3.05, 3.63) is 35.9 Å². The molecule has 19 heavy (non-hydrogen) atoms. The van der Waals surface area contributed by atoms with Gasteiger partial charge in [-0.1, -0.05) is 30.3 Å². The molecule has 4 nitrogen and oxygen atoms in total. The molecule has 0 unspecified atom stereocenters. The van der Waals surface area contributed by atoms with Gasteiger partial charge in [0.25, 0.3) is 0 Å². The van der Waals surface area contributed by atoms with Gasteiger partial charge in [0.2, 0.25) is 5.91 Å². The van der Waals surface area contributed by atoms with E-state index in [1.54, 1.807) is 0 Å². The lowest BCUT2D eigenvalue weighted by Gasteiger charge is -2.14. The van der Waals surface area contributed by atoms with Crippen molar-refractivity contribution in [2.45, 2.75) is 24.3 Å². The molecule has 0 radical (unpaired) electrons. The number of hydrogen-bond acceptors (Lipinski definition) is 3. The van der Waals surface area contributed by atoms with Crippen LogP contribution in [0.3, 0.4) is 0 Å². The molecule has 0 aromatic heterocycles. The fraction of sp³-hybridized carbons (Fsp3) is 0.462. The first kappa shape index (κ1) is 14.3. The maximum absolute atomic E-state index is 11.8. The van der Waals surface area contributed by atoms with E-state index < -0.39 is 21.3 Å². The number of carbonyl (C=O) groups excluding carboxylic acids is 1. The van der Waals surface area contributed by atoms with Crippen molar-refractivity contribution in [3.63, 3.8) is 0 Å². The summed E-state index contributed by atoms with van der Waals surface area (Å²) in [6, 6.07) is 9.22. The lowest BCUT2D eigenvalue weighted by Crippen LogP contribution is -2.40. The van der Waals surface area contributed by atoms with Gasteiger partial charge in [-0.15, -0.1) is 11.6 Å². The van der Waals surface area contributed by atoms with E-state index >= 15 is 0 Å². The first-order valence-electron chi connectivity index (χ1n) is 6.14. The number of carbonyl (C=O) groups is 1. The Kier molecular flexibility index (Phi) is 4.47. The molecule has 104 valence electrons.